The summed E-state index contributed by atoms with van der Waals surface area (Å²) < 4.78 is 6.56. The second-order valence-electron chi connectivity index (χ2n) is 5.20. The fourth-order valence-electron chi connectivity index (χ4n) is 1.22. The fourth-order valence-corrected chi connectivity index (χ4v) is 2.41. The highest BCUT2D eigenvalue weighted by Gasteiger charge is 2.29. The van der Waals surface area contributed by atoms with Gasteiger partial charge in [0.1, 0.15) is 5.38 Å². The molecule has 0 aliphatic rings. The highest BCUT2D eigenvalue weighted by molar-refractivity contribution is 6.69. The van der Waals surface area contributed by atoms with Gasteiger partial charge in [-0.15, -0.1) is 11.6 Å². The van der Waals surface area contributed by atoms with Gasteiger partial charge in [-0.1, -0.05) is 96.3 Å². The Morgan fingerprint density at radius 3 is 1.81 bits per heavy atom. The lowest BCUT2D eigenvalue weighted by molar-refractivity contribution is -0.143. The SMILES string of the molecule is CCCCOC(=O)C(Cl)CC(Cl)(Cl)Cl.CCCCOC(=O)C=CC(Cl)(Cl)Cl. The van der Waals surface area contributed by atoms with Gasteiger partial charge < -0.3 is 9.47 Å². The summed E-state index contributed by atoms with van der Waals surface area (Å²) in [6.45, 7) is 4.76. The van der Waals surface area contributed by atoms with Crippen molar-refractivity contribution in [3.8, 4) is 0 Å². The third kappa shape index (κ3) is 24.7. The Kier molecular flexibility index (Phi) is 18.3. The Morgan fingerprint density at radius 2 is 1.41 bits per heavy atom. The molecular formula is C16H23Cl7O4. The summed E-state index contributed by atoms with van der Waals surface area (Å²) in [7, 11) is 0. The summed E-state index contributed by atoms with van der Waals surface area (Å²) in [5, 5.41) is -0.903. The molecule has 0 aromatic carbocycles. The smallest absolute Gasteiger partial charge is 0.330 e. The van der Waals surface area contributed by atoms with E-state index in [2.05, 4.69) is 0 Å². The van der Waals surface area contributed by atoms with Crippen LogP contribution in [0.2, 0.25) is 0 Å². The van der Waals surface area contributed by atoms with Gasteiger partial charge in [-0.05, 0) is 18.9 Å². The Balaban J connectivity index is 0. The Labute approximate surface area is 195 Å². The molecule has 1 atom stereocenters. The molecule has 0 rings (SSSR count). The van der Waals surface area contributed by atoms with Crippen molar-refractivity contribution in [2.24, 2.45) is 0 Å². The van der Waals surface area contributed by atoms with Gasteiger partial charge in [-0.3, -0.25) is 4.79 Å². The summed E-state index contributed by atoms with van der Waals surface area (Å²) >= 11 is 38.2. The first-order chi connectivity index (χ1) is 12.3. The van der Waals surface area contributed by atoms with E-state index in [1.165, 1.54) is 0 Å². The van der Waals surface area contributed by atoms with Crippen molar-refractivity contribution in [3.05, 3.63) is 12.2 Å². The molecule has 27 heavy (non-hydrogen) atoms. The normalized spacial score (nSPS) is 12.9. The van der Waals surface area contributed by atoms with Crippen LogP contribution >= 0.6 is 81.2 Å². The van der Waals surface area contributed by atoms with Crippen LogP contribution in [-0.4, -0.2) is 38.1 Å². The first-order valence-electron chi connectivity index (χ1n) is 8.12. The van der Waals surface area contributed by atoms with Crippen LogP contribution in [0, 0.1) is 0 Å². The number of esters is 2. The molecule has 1 unspecified atom stereocenters. The van der Waals surface area contributed by atoms with E-state index < -0.39 is 24.9 Å². The molecular weight excluding hydrogens is 504 g/mol. The largest absolute Gasteiger partial charge is 0.465 e. The summed E-state index contributed by atoms with van der Waals surface area (Å²) in [5.41, 5.74) is 0. The van der Waals surface area contributed by atoms with Crippen molar-refractivity contribution in [2.45, 2.75) is 58.9 Å². The standard InChI is InChI=1S/C8H12Cl4O2.C8H11Cl3O2/c1-2-3-4-14-7(13)6(9)5-8(10,11)12;1-2-3-6-13-7(12)4-5-8(9,10)11/h6H,2-5H2,1H3;4-5H,2-3,6H2,1H3. The van der Waals surface area contributed by atoms with Gasteiger partial charge in [-0.2, -0.15) is 0 Å². The lowest BCUT2D eigenvalue weighted by Crippen LogP contribution is -2.23. The van der Waals surface area contributed by atoms with Crippen LogP contribution in [0.3, 0.4) is 0 Å². The number of hydrogen-bond acceptors (Lipinski definition) is 4. The topological polar surface area (TPSA) is 52.6 Å². The third-order valence-corrected chi connectivity index (χ3v) is 3.73. The van der Waals surface area contributed by atoms with E-state index in [0.717, 1.165) is 37.8 Å². The molecule has 0 heterocycles. The number of hydrogen-bond donors (Lipinski definition) is 0. The molecule has 0 amide bonds. The van der Waals surface area contributed by atoms with Crippen molar-refractivity contribution in [1.82, 2.24) is 0 Å². The second-order valence-corrected chi connectivity index (χ2v) is 10.6. The average molecular weight is 528 g/mol. The maximum absolute atomic E-state index is 11.2. The molecule has 0 aromatic rings. The zero-order valence-electron chi connectivity index (χ0n) is 15.0. The molecule has 4 nitrogen and oxygen atoms in total. The summed E-state index contributed by atoms with van der Waals surface area (Å²) in [6, 6.07) is 0. The Morgan fingerprint density at radius 1 is 0.926 bits per heavy atom. The second kappa shape index (κ2) is 16.5. The molecule has 0 spiro atoms. The third-order valence-electron chi connectivity index (χ3n) is 2.56. The predicted octanol–water partition coefficient (Wildman–Crippen LogP) is 6.95. The zero-order chi connectivity index (χ0) is 21.5. The van der Waals surface area contributed by atoms with Gasteiger partial charge in [0.15, 0.2) is 3.79 Å². The first kappa shape index (κ1) is 29.9. The van der Waals surface area contributed by atoms with Crippen LogP contribution in [-0.2, 0) is 19.1 Å². The number of carbonyl (C=O) groups is 2. The molecule has 0 N–H and O–H groups in total. The minimum Gasteiger partial charge on any atom is -0.465 e. The van der Waals surface area contributed by atoms with Crippen LogP contribution < -0.4 is 0 Å². The van der Waals surface area contributed by atoms with Crippen LogP contribution in [0.5, 0.6) is 0 Å². The van der Waals surface area contributed by atoms with Gasteiger partial charge in [-0.25, -0.2) is 4.79 Å². The van der Waals surface area contributed by atoms with Gasteiger partial charge in [0.05, 0.1) is 13.2 Å². The van der Waals surface area contributed by atoms with Crippen molar-refractivity contribution in [3.63, 3.8) is 0 Å². The van der Waals surface area contributed by atoms with Gasteiger partial charge in [0.2, 0.25) is 3.79 Å². The van der Waals surface area contributed by atoms with E-state index in [1.54, 1.807) is 0 Å². The summed E-state index contributed by atoms with van der Waals surface area (Å²) in [5.74, 6) is -1.02. The van der Waals surface area contributed by atoms with Crippen molar-refractivity contribution in [1.29, 1.82) is 0 Å². The van der Waals surface area contributed by atoms with Gasteiger partial charge in [0, 0.05) is 12.5 Å². The molecule has 0 saturated heterocycles. The van der Waals surface area contributed by atoms with Crippen LogP contribution in [0.25, 0.3) is 0 Å². The van der Waals surface area contributed by atoms with Crippen molar-refractivity contribution >= 4 is 93.1 Å². The number of rotatable bonds is 9. The van der Waals surface area contributed by atoms with Crippen LogP contribution in [0.4, 0.5) is 0 Å². The van der Waals surface area contributed by atoms with Gasteiger partial charge >= 0.3 is 11.9 Å². The Bertz CT molecular complexity index is 445. The van der Waals surface area contributed by atoms with Crippen molar-refractivity contribution in [2.75, 3.05) is 13.2 Å². The number of halogens is 7. The minimum absolute atomic E-state index is 0.0514. The molecule has 160 valence electrons. The lowest BCUT2D eigenvalue weighted by Gasteiger charge is -2.14. The van der Waals surface area contributed by atoms with E-state index in [9.17, 15) is 9.59 Å². The zero-order valence-corrected chi connectivity index (χ0v) is 20.3. The molecule has 0 aromatic heterocycles. The van der Waals surface area contributed by atoms with E-state index in [0.29, 0.717) is 13.2 Å². The Hall–Kier alpha value is 0.710. The molecule has 0 saturated carbocycles. The quantitative estimate of drug-likeness (QED) is 0.141. The monoisotopic (exact) mass is 524 g/mol. The number of ether oxygens (including phenoxy) is 2. The molecule has 0 radical (unpaired) electrons. The predicted molar refractivity (Wildman–Crippen MR) is 116 cm³/mol. The van der Waals surface area contributed by atoms with E-state index in [-0.39, 0.29) is 6.42 Å². The van der Waals surface area contributed by atoms with Crippen molar-refractivity contribution < 1.29 is 19.1 Å². The van der Waals surface area contributed by atoms with Crippen LogP contribution in [0.1, 0.15) is 46.0 Å². The highest BCUT2D eigenvalue weighted by Crippen LogP contribution is 2.33. The fraction of sp³-hybridized carbons (Fsp3) is 0.750. The van der Waals surface area contributed by atoms with E-state index >= 15 is 0 Å². The molecule has 11 heteroatoms. The number of carbonyl (C=O) groups excluding carboxylic acids is 2. The molecule has 0 aliphatic carbocycles. The maximum atomic E-state index is 11.2. The maximum Gasteiger partial charge on any atom is 0.330 e. The molecule has 0 bridgehead atoms. The van der Waals surface area contributed by atoms with E-state index in [1.807, 2.05) is 13.8 Å². The first-order valence-corrected chi connectivity index (χ1v) is 10.8. The number of unbranched alkanes of at least 4 members (excludes halogenated alkanes) is 2. The minimum atomic E-state index is -1.54. The summed E-state index contributed by atoms with van der Waals surface area (Å²) in [6.07, 6.45) is 5.79. The van der Waals surface area contributed by atoms with Crippen LogP contribution in [0.15, 0.2) is 12.2 Å². The highest BCUT2D eigenvalue weighted by atomic mass is 35.6. The average Bonchev–Trinajstić information content (AvgIpc) is 2.51. The molecule has 0 aliphatic heterocycles. The summed E-state index contributed by atoms with van der Waals surface area (Å²) in [4.78, 5) is 22.0. The van der Waals surface area contributed by atoms with E-state index in [4.69, 9.17) is 90.7 Å². The van der Waals surface area contributed by atoms with Gasteiger partial charge in [0.25, 0.3) is 0 Å². The molecule has 0 fully saturated rings. The number of alkyl halides is 7. The lowest BCUT2D eigenvalue weighted by atomic mass is 10.3. The number of allylic oxidation sites excluding steroid dienone is 1.